The normalized spacial score (nSPS) is 9.00. The summed E-state index contributed by atoms with van der Waals surface area (Å²) in [6, 6.07) is 5.50. The zero-order chi connectivity index (χ0) is 12.1. The molecule has 0 radical (unpaired) electrons. The highest BCUT2D eigenvalue weighted by Gasteiger charge is 2.15. The zero-order valence-corrected chi connectivity index (χ0v) is 12.7. The first-order valence-electron chi connectivity index (χ1n) is 3.40. The van der Waals surface area contributed by atoms with Gasteiger partial charge in [-0.1, -0.05) is 11.6 Å². The molecule has 100 valence electrons. The molecule has 0 atom stereocenters. The third kappa shape index (κ3) is 12.7. The molecule has 0 aliphatic carbocycles. The van der Waals surface area contributed by atoms with Crippen molar-refractivity contribution in [3.8, 4) is 0 Å². The van der Waals surface area contributed by atoms with Gasteiger partial charge < -0.3 is 9.79 Å². The predicted molar refractivity (Wildman–Crippen MR) is 74.7 cm³/mol. The summed E-state index contributed by atoms with van der Waals surface area (Å²) in [5.74, 6) is 0. The highest BCUT2D eigenvalue weighted by atomic mass is 35.5. The van der Waals surface area contributed by atoms with E-state index in [0.29, 0.717) is 5.02 Å². The van der Waals surface area contributed by atoms with Gasteiger partial charge in [0.1, 0.15) is 0 Å². The molecule has 1 aromatic rings. The van der Waals surface area contributed by atoms with Gasteiger partial charge in [0.2, 0.25) is 0 Å². The van der Waals surface area contributed by atoms with Crippen LogP contribution in [0.2, 0.25) is 5.02 Å². The van der Waals surface area contributed by atoms with Crippen LogP contribution in [-0.4, -0.2) is 14.5 Å². The SMILES string of the molecule is Cl.Cl.O=C(Cl)Cl.O=P(O)(O)c1ccc(Cl)cc1. The molecule has 17 heavy (non-hydrogen) atoms. The standard InChI is InChI=1S/C6H6ClO3P.CCl2O.2ClH/c7-5-1-3-6(4-2-5)11(8,9)10;2-1(3)4;;/h1-4H,(H2,8,9,10);;2*1H. The lowest BCUT2D eigenvalue weighted by Crippen LogP contribution is -2.01. The van der Waals surface area contributed by atoms with E-state index < -0.39 is 12.3 Å². The molecule has 0 saturated carbocycles. The molecule has 1 rings (SSSR count). The molecule has 0 unspecified atom stereocenters. The highest BCUT2D eigenvalue weighted by molar-refractivity contribution is 7.60. The van der Waals surface area contributed by atoms with Gasteiger partial charge in [-0.2, -0.15) is 0 Å². The Labute approximate surface area is 125 Å². The third-order valence-corrected chi connectivity index (χ3v) is 2.39. The van der Waals surface area contributed by atoms with Gasteiger partial charge in [-0.3, -0.25) is 9.36 Å². The summed E-state index contributed by atoms with van der Waals surface area (Å²) in [7, 11) is -4.10. The van der Waals surface area contributed by atoms with Crippen LogP contribution in [0.4, 0.5) is 4.79 Å². The zero-order valence-electron chi connectivity index (χ0n) is 7.92. The van der Waals surface area contributed by atoms with Gasteiger partial charge in [0.25, 0.3) is 0 Å². The minimum Gasteiger partial charge on any atom is -0.321 e. The summed E-state index contributed by atoms with van der Waals surface area (Å²) < 4.78 is 9.71. The molecule has 0 amide bonds. The van der Waals surface area contributed by atoms with Crippen LogP contribution in [0.3, 0.4) is 0 Å². The maximum absolute atomic E-state index is 10.6. The van der Waals surface area contributed by atoms with Crippen molar-refractivity contribution in [1.82, 2.24) is 0 Å². The maximum atomic E-state index is 10.6. The first-order chi connectivity index (χ1) is 6.73. The molecule has 0 saturated heterocycles. The predicted octanol–water partition coefficient (Wildman–Crippen LogP) is 3.57. The van der Waals surface area contributed by atoms with E-state index in [4.69, 9.17) is 26.2 Å². The Balaban J connectivity index is -0.000000289. The van der Waals surface area contributed by atoms with Gasteiger partial charge >= 0.3 is 12.3 Å². The van der Waals surface area contributed by atoms with Crippen molar-refractivity contribution < 1.29 is 19.1 Å². The van der Waals surface area contributed by atoms with Crippen molar-refractivity contribution in [2.75, 3.05) is 0 Å². The molecule has 4 nitrogen and oxygen atoms in total. The fraction of sp³-hybridized carbons (Fsp3) is 0. The third-order valence-electron chi connectivity index (χ3n) is 1.16. The second-order valence-corrected chi connectivity index (χ2v) is 5.17. The lowest BCUT2D eigenvalue weighted by Gasteiger charge is -2.01. The number of carbonyl (C=O) groups is 1. The van der Waals surface area contributed by atoms with E-state index in [0.717, 1.165) is 0 Å². The summed E-state index contributed by atoms with van der Waals surface area (Å²) in [4.78, 5) is 26.3. The van der Waals surface area contributed by atoms with Crippen molar-refractivity contribution in [2.45, 2.75) is 0 Å². The molecule has 0 heterocycles. The summed E-state index contributed by atoms with van der Waals surface area (Å²) in [6.07, 6.45) is 0. The van der Waals surface area contributed by atoms with Gasteiger partial charge in [-0.15, -0.1) is 24.8 Å². The molecule has 1 aromatic carbocycles. The Morgan fingerprint density at radius 3 is 1.59 bits per heavy atom. The van der Waals surface area contributed by atoms with Crippen molar-refractivity contribution >= 4 is 77.2 Å². The second-order valence-electron chi connectivity index (χ2n) is 2.25. The molecular formula is C7H8Cl5O4P. The minimum absolute atomic E-state index is 0. The fourth-order valence-electron chi connectivity index (χ4n) is 0.635. The van der Waals surface area contributed by atoms with Gasteiger partial charge in [0.15, 0.2) is 0 Å². The van der Waals surface area contributed by atoms with E-state index in [1.807, 2.05) is 0 Å². The lowest BCUT2D eigenvalue weighted by atomic mass is 10.4. The van der Waals surface area contributed by atoms with Crippen LogP contribution in [0.1, 0.15) is 0 Å². The fourth-order valence-corrected chi connectivity index (χ4v) is 1.30. The number of benzene rings is 1. The summed E-state index contributed by atoms with van der Waals surface area (Å²) in [6.45, 7) is 0. The second kappa shape index (κ2) is 10.4. The maximum Gasteiger partial charge on any atom is 0.356 e. The average molecular weight is 364 g/mol. The van der Waals surface area contributed by atoms with Crippen LogP contribution in [-0.2, 0) is 4.57 Å². The Kier molecular flexibility index (Phi) is 13.9. The number of hydrogen-bond donors (Lipinski definition) is 2. The molecule has 0 aliphatic heterocycles. The molecular weight excluding hydrogens is 356 g/mol. The van der Waals surface area contributed by atoms with Crippen LogP contribution in [0.5, 0.6) is 0 Å². The number of halogens is 5. The van der Waals surface area contributed by atoms with Gasteiger partial charge in [-0.25, -0.2) is 0 Å². The summed E-state index contributed by atoms with van der Waals surface area (Å²) in [5.41, 5.74) is 0. The first kappa shape index (κ1) is 22.7. The quantitative estimate of drug-likeness (QED) is 0.590. The van der Waals surface area contributed by atoms with Crippen molar-refractivity contribution in [2.24, 2.45) is 0 Å². The van der Waals surface area contributed by atoms with Crippen LogP contribution in [0.15, 0.2) is 24.3 Å². The van der Waals surface area contributed by atoms with Crippen molar-refractivity contribution in [3.63, 3.8) is 0 Å². The van der Waals surface area contributed by atoms with Crippen LogP contribution >= 0.6 is 67.2 Å². The molecule has 0 aliphatic rings. The summed E-state index contributed by atoms with van der Waals surface area (Å²) >= 11 is 14.3. The van der Waals surface area contributed by atoms with E-state index in [-0.39, 0.29) is 30.1 Å². The van der Waals surface area contributed by atoms with Crippen molar-refractivity contribution in [3.05, 3.63) is 29.3 Å². The lowest BCUT2D eigenvalue weighted by molar-refractivity contribution is 0.275. The number of carbonyl (C=O) groups excluding carboxylic acids is 1. The number of hydrogen-bond acceptors (Lipinski definition) is 2. The van der Waals surface area contributed by atoms with Gasteiger partial charge in [-0.05, 0) is 47.5 Å². The monoisotopic (exact) mass is 362 g/mol. The topological polar surface area (TPSA) is 74.6 Å². The van der Waals surface area contributed by atoms with Crippen LogP contribution in [0, 0.1) is 0 Å². The Hall–Kier alpha value is 0.490. The molecule has 0 fully saturated rings. The van der Waals surface area contributed by atoms with Gasteiger partial charge in [0.05, 0.1) is 5.30 Å². The summed E-state index contributed by atoms with van der Waals surface area (Å²) in [5, 5.41) is 0.448. The van der Waals surface area contributed by atoms with E-state index in [1.165, 1.54) is 24.3 Å². The van der Waals surface area contributed by atoms with E-state index in [9.17, 15) is 4.57 Å². The molecule has 0 aromatic heterocycles. The Morgan fingerprint density at radius 2 is 1.35 bits per heavy atom. The smallest absolute Gasteiger partial charge is 0.321 e. The largest absolute Gasteiger partial charge is 0.356 e. The average Bonchev–Trinajstić information content (AvgIpc) is 2.01. The minimum atomic E-state index is -4.10. The molecule has 0 bridgehead atoms. The molecule has 2 N–H and O–H groups in total. The molecule has 0 spiro atoms. The van der Waals surface area contributed by atoms with E-state index >= 15 is 0 Å². The highest BCUT2D eigenvalue weighted by Crippen LogP contribution is 2.33. The first-order valence-corrected chi connectivity index (χ1v) is 6.14. The van der Waals surface area contributed by atoms with Crippen LogP contribution in [0.25, 0.3) is 0 Å². The van der Waals surface area contributed by atoms with E-state index in [2.05, 4.69) is 23.2 Å². The van der Waals surface area contributed by atoms with Crippen LogP contribution < -0.4 is 5.30 Å². The van der Waals surface area contributed by atoms with Gasteiger partial charge in [0, 0.05) is 5.02 Å². The molecule has 10 heteroatoms. The van der Waals surface area contributed by atoms with E-state index in [1.54, 1.807) is 0 Å². The van der Waals surface area contributed by atoms with Crippen molar-refractivity contribution in [1.29, 1.82) is 0 Å². The number of rotatable bonds is 1. The Bertz CT molecular complexity index is 372. The Morgan fingerprint density at radius 1 is 1.06 bits per heavy atom.